The van der Waals surface area contributed by atoms with Crippen LogP contribution in [0.1, 0.15) is 10.4 Å². The number of nitrogens with zero attached hydrogens (tertiary/aromatic N) is 1. The molecule has 0 saturated heterocycles. The lowest BCUT2D eigenvalue weighted by atomic mass is 10.1. The molecule has 0 unspecified atom stereocenters. The third kappa shape index (κ3) is 3.96. The first-order valence-corrected chi connectivity index (χ1v) is 12.0. The van der Waals surface area contributed by atoms with E-state index in [2.05, 4.69) is 35.6 Å². The molecule has 120 valence electrons. The van der Waals surface area contributed by atoms with Crippen molar-refractivity contribution >= 4 is 40.9 Å². The van der Waals surface area contributed by atoms with Gasteiger partial charge in [-0.2, -0.15) is 0 Å². The summed E-state index contributed by atoms with van der Waals surface area (Å²) in [7, 11) is -1.18. The third-order valence-corrected chi connectivity index (χ3v) is 5.54. The zero-order valence-electron chi connectivity index (χ0n) is 13.0. The molecule has 0 atom stereocenters. The Morgan fingerprint density at radius 2 is 2.09 bits per heavy atom. The van der Waals surface area contributed by atoms with Gasteiger partial charge in [0.1, 0.15) is 12.2 Å². The van der Waals surface area contributed by atoms with Gasteiger partial charge in [-0.25, -0.2) is 9.36 Å². The van der Waals surface area contributed by atoms with E-state index in [4.69, 9.17) is 9.15 Å². The molecule has 22 heavy (non-hydrogen) atoms. The Labute approximate surface area is 138 Å². The molecular formula is C15H20BrNO4Si. The highest BCUT2D eigenvalue weighted by Crippen LogP contribution is 2.19. The molecule has 0 aliphatic heterocycles. The Bertz CT molecular complexity index is 729. The summed E-state index contributed by atoms with van der Waals surface area (Å²) in [5.74, 6) is -0.597. The predicted molar refractivity (Wildman–Crippen MR) is 92.7 cm³/mol. The van der Waals surface area contributed by atoms with Gasteiger partial charge in [0, 0.05) is 20.2 Å². The minimum Gasteiger partial charge on any atom is -0.408 e. The number of para-hydroxylation sites is 1. The monoisotopic (exact) mass is 385 g/mol. The van der Waals surface area contributed by atoms with Gasteiger partial charge in [0.05, 0.1) is 5.33 Å². The van der Waals surface area contributed by atoms with Gasteiger partial charge in [0.15, 0.2) is 11.4 Å². The predicted octanol–water partition coefficient (Wildman–Crippen LogP) is 3.48. The molecule has 0 fully saturated rings. The molecule has 5 nitrogen and oxygen atoms in total. The van der Waals surface area contributed by atoms with Crippen LogP contribution in [-0.4, -0.2) is 30.4 Å². The summed E-state index contributed by atoms with van der Waals surface area (Å²) in [5.41, 5.74) is 1.38. The minimum absolute atomic E-state index is 0.0951. The molecule has 0 aliphatic rings. The minimum atomic E-state index is -1.18. The molecule has 1 aromatic heterocycles. The summed E-state index contributed by atoms with van der Waals surface area (Å²) < 4.78 is 12.2. The van der Waals surface area contributed by atoms with Crippen molar-refractivity contribution in [2.24, 2.45) is 0 Å². The van der Waals surface area contributed by atoms with E-state index >= 15 is 0 Å². The van der Waals surface area contributed by atoms with Crippen molar-refractivity contribution in [3.8, 4) is 0 Å². The van der Waals surface area contributed by atoms with Gasteiger partial charge in [-0.05, 0) is 18.2 Å². The number of ketones is 1. The fraction of sp³-hybridized carbons (Fsp3) is 0.467. The highest BCUT2D eigenvalue weighted by Gasteiger charge is 2.18. The van der Waals surface area contributed by atoms with E-state index in [1.165, 1.54) is 4.57 Å². The van der Waals surface area contributed by atoms with Gasteiger partial charge in [-0.1, -0.05) is 41.6 Å². The van der Waals surface area contributed by atoms with Crippen LogP contribution in [0.4, 0.5) is 0 Å². The Hall–Kier alpha value is -1.18. The number of aromatic nitrogens is 1. The van der Waals surface area contributed by atoms with Gasteiger partial charge in [-0.3, -0.25) is 4.79 Å². The molecule has 1 heterocycles. The normalized spacial score (nSPS) is 12.0. The van der Waals surface area contributed by atoms with Crippen molar-refractivity contribution in [1.82, 2.24) is 4.57 Å². The second-order valence-electron chi connectivity index (χ2n) is 6.35. The Kier molecular flexibility index (Phi) is 5.41. The number of ether oxygens (including phenoxy) is 1. The zero-order chi connectivity index (χ0) is 16.3. The third-order valence-electron chi connectivity index (χ3n) is 3.33. The van der Waals surface area contributed by atoms with Crippen LogP contribution in [0.3, 0.4) is 0 Å². The lowest BCUT2D eigenvalue weighted by Crippen LogP contribution is -2.23. The van der Waals surface area contributed by atoms with Crippen LogP contribution in [0.2, 0.25) is 25.7 Å². The van der Waals surface area contributed by atoms with E-state index in [1.807, 2.05) is 0 Å². The number of fused-ring (bicyclic) bond motifs is 1. The number of Topliss-reactive ketones (excluding diaryl/α,β-unsaturated/α-hetero) is 1. The Balaban J connectivity index is 2.27. The van der Waals surface area contributed by atoms with E-state index in [0.29, 0.717) is 23.3 Å². The average Bonchev–Trinajstić information content (AvgIpc) is 2.77. The fourth-order valence-corrected chi connectivity index (χ4v) is 3.13. The first kappa shape index (κ1) is 17.2. The van der Waals surface area contributed by atoms with Gasteiger partial charge in [0.2, 0.25) is 0 Å². The molecule has 2 aromatic rings. The Morgan fingerprint density at radius 1 is 1.36 bits per heavy atom. The van der Waals surface area contributed by atoms with Crippen molar-refractivity contribution in [2.45, 2.75) is 32.4 Å². The van der Waals surface area contributed by atoms with Crippen LogP contribution >= 0.6 is 15.9 Å². The molecule has 0 amide bonds. The van der Waals surface area contributed by atoms with E-state index in [0.717, 1.165) is 6.04 Å². The summed E-state index contributed by atoms with van der Waals surface area (Å²) in [6.45, 7) is 7.50. The largest absolute Gasteiger partial charge is 0.421 e. The number of oxazole rings is 1. The summed E-state index contributed by atoms with van der Waals surface area (Å²) in [6, 6.07) is 6.10. The number of halogens is 1. The van der Waals surface area contributed by atoms with Gasteiger partial charge in [-0.15, -0.1) is 0 Å². The summed E-state index contributed by atoms with van der Waals surface area (Å²) >= 11 is 3.16. The first-order chi connectivity index (χ1) is 10.3. The standard InChI is InChI=1S/C15H20BrNO4Si/c1-22(2,3)8-7-20-10-17-14-11(12(18)9-16)5-4-6-13(14)21-15(17)19/h4-6H,7-10H2,1-3H3. The number of rotatable bonds is 7. The molecule has 0 radical (unpaired) electrons. The number of benzene rings is 1. The highest BCUT2D eigenvalue weighted by atomic mass is 79.9. The maximum Gasteiger partial charge on any atom is 0.421 e. The number of alkyl halides is 1. The number of carbonyl (C=O) groups excluding carboxylic acids is 1. The average molecular weight is 386 g/mol. The van der Waals surface area contributed by atoms with Crippen molar-refractivity contribution in [1.29, 1.82) is 0 Å². The van der Waals surface area contributed by atoms with Crippen LogP contribution in [0.25, 0.3) is 11.1 Å². The quantitative estimate of drug-likeness (QED) is 0.316. The maximum atomic E-state index is 12.0. The van der Waals surface area contributed by atoms with Crippen LogP contribution in [0.15, 0.2) is 27.4 Å². The number of hydrogen-bond donors (Lipinski definition) is 0. The maximum absolute atomic E-state index is 12.0. The molecule has 2 rings (SSSR count). The summed E-state index contributed by atoms with van der Waals surface area (Å²) in [4.78, 5) is 24.0. The lowest BCUT2D eigenvalue weighted by molar-refractivity contribution is 0.0848. The Morgan fingerprint density at radius 3 is 2.73 bits per heavy atom. The molecule has 0 aliphatic carbocycles. The molecule has 0 saturated carbocycles. The van der Waals surface area contributed by atoms with Crippen molar-refractivity contribution in [2.75, 3.05) is 11.9 Å². The summed E-state index contributed by atoms with van der Waals surface area (Å²) in [5, 5.41) is 0.196. The van der Waals surface area contributed by atoms with Crippen molar-refractivity contribution < 1.29 is 13.9 Å². The molecule has 0 N–H and O–H groups in total. The molecule has 7 heteroatoms. The SMILES string of the molecule is C[Si](C)(C)CCOCn1c(=O)oc2cccc(C(=O)CBr)c21. The molecular weight excluding hydrogens is 366 g/mol. The molecule has 1 aromatic carbocycles. The van der Waals surface area contributed by atoms with E-state index in [-0.39, 0.29) is 17.8 Å². The van der Waals surface area contributed by atoms with Crippen molar-refractivity contribution in [3.05, 3.63) is 34.3 Å². The van der Waals surface area contributed by atoms with Crippen LogP contribution < -0.4 is 5.76 Å². The number of hydrogen-bond acceptors (Lipinski definition) is 4. The zero-order valence-corrected chi connectivity index (χ0v) is 15.6. The molecule has 0 bridgehead atoms. The first-order valence-electron chi connectivity index (χ1n) is 7.13. The topological polar surface area (TPSA) is 61.4 Å². The summed E-state index contributed by atoms with van der Waals surface area (Å²) in [6.07, 6.45) is 0. The van der Waals surface area contributed by atoms with Gasteiger partial charge < -0.3 is 9.15 Å². The van der Waals surface area contributed by atoms with Gasteiger partial charge >= 0.3 is 5.76 Å². The molecule has 0 spiro atoms. The second-order valence-corrected chi connectivity index (χ2v) is 12.5. The van der Waals surface area contributed by atoms with Gasteiger partial charge in [0.25, 0.3) is 0 Å². The number of carbonyl (C=O) groups is 1. The van der Waals surface area contributed by atoms with E-state index in [1.54, 1.807) is 18.2 Å². The smallest absolute Gasteiger partial charge is 0.408 e. The van der Waals surface area contributed by atoms with Crippen LogP contribution in [0.5, 0.6) is 0 Å². The van der Waals surface area contributed by atoms with Crippen molar-refractivity contribution in [3.63, 3.8) is 0 Å². The van der Waals surface area contributed by atoms with Crippen LogP contribution in [-0.2, 0) is 11.5 Å². The highest BCUT2D eigenvalue weighted by molar-refractivity contribution is 9.09. The van der Waals surface area contributed by atoms with E-state index < -0.39 is 13.8 Å². The second kappa shape index (κ2) is 6.93. The fourth-order valence-electron chi connectivity index (χ4n) is 2.07. The van der Waals surface area contributed by atoms with E-state index in [9.17, 15) is 9.59 Å². The lowest BCUT2D eigenvalue weighted by Gasteiger charge is -2.15. The van der Waals surface area contributed by atoms with Crippen LogP contribution in [0, 0.1) is 0 Å².